The van der Waals surface area contributed by atoms with Crippen LogP contribution in [-0.2, 0) is 11.3 Å². The van der Waals surface area contributed by atoms with Crippen LogP contribution in [0.15, 0.2) is 41.0 Å². The fourth-order valence-corrected chi connectivity index (χ4v) is 2.17. The average molecular weight is 302 g/mol. The van der Waals surface area contributed by atoms with E-state index in [2.05, 4.69) is 4.98 Å². The second kappa shape index (κ2) is 5.88. The maximum atomic E-state index is 11.8. The number of aromatic carboxylic acids is 1. The molecule has 1 amide bonds. The fraction of sp³-hybridized carbons (Fsp3) is 0.267. The monoisotopic (exact) mass is 302 g/mol. The largest absolute Gasteiger partial charge is 0.476 e. The van der Waals surface area contributed by atoms with Crippen molar-refractivity contribution in [3.05, 3.63) is 53.7 Å². The Labute approximate surface area is 126 Å². The predicted octanol–water partition coefficient (Wildman–Crippen LogP) is 2.11. The molecule has 7 heteroatoms. The second-order valence-corrected chi connectivity index (χ2v) is 5.02. The maximum Gasteiger partial charge on any atom is 0.410 e. The van der Waals surface area contributed by atoms with Gasteiger partial charge in [-0.3, -0.25) is 0 Å². The van der Waals surface area contributed by atoms with E-state index in [1.807, 2.05) is 30.3 Å². The number of nitrogens with zero attached hydrogens (tertiary/aromatic N) is 2. The number of carbonyl (C=O) groups excluding carboxylic acids is 1. The Morgan fingerprint density at radius 1 is 1.32 bits per heavy atom. The first-order chi connectivity index (χ1) is 10.6. The van der Waals surface area contributed by atoms with Crippen molar-refractivity contribution in [2.45, 2.75) is 12.5 Å². The van der Waals surface area contributed by atoms with Gasteiger partial charge in [-0.25, -0.2) is 14.6 Å². The summed E-state index contributed by atoms with van der Waals surface area (Å²) < 4.78 is 10.3. The van der Waals surface area contributed by atoms with Gasteiger partial charge in [0, 0.05) is 13.1 Å². The summed E-state index contributed by atoms with van der Waals surface area (Å²) in [4.78, 5) is 28.0. The lowest BCUT2D eigenvalue weighted by Crippen LogP contribution is -2.48. The highest BCUT2D eigenvalue weighted by Crippen LogP contribution is 2.27. The van der Waals surface area contributed by atoms with E-state index in [0.717, 1.165) is 11.8 Å². The van der Waals surface area contributed by atoms with E-state index in [-0.39, 0.29) is 18.2 Å². The Balaban J connectivity index is 1.48. The Bertz CT molecular complexity index is 676. The molecule has 7 nitrogen and oxygen atoms in total. The average Bonchev–Trinajstić information content (AvgIpc) is 2.94. The highest BCUT2D eigenvalue weighted by molar-refractivity contribution is 5.84. The minimum Gasteiger partial charge on any atom is -0.476 e. The molecule has 1 saturated heterocycles. The van der Waals surface area contributed by atoms with Crippen LogP contribution in [0.5, 0.6) is 0 Å². The number of amides is 1. The lowest BCUT2D eigenvalue weighted by molar-refractivity contribution is 0.0614. The number of carboxylic acid groups (broad SMARTS) is 1. The van der Waals surface area contributed by atoms with Gasteiger partial charge in [-0.2, -0.15) is 0 Å². The number of benzene rings is 1. The zero-order valence-electron chi connectivity index (χ0n) is 11.6. The summed E-state index contributed by atoms with van der Waals surface area (Å²) in [5.41, 5.74) is 0.798. The van der Waals surface area contributed by atoms with Crippen molar-refractivity contribution in [1.29, 1.82) is 0 Å². The second-order valence-electron chi connectivity index (χ2n) is 5.02. The Morgan fingerprint density at radius 3 is 2.68 bits per heavy atom. The number of likely N-dealkylation sites (tertiary alicyclic amines) is 1. The molecule has 0 unspecified atom stereocenters. The third-order valence-electron chi connectivity index (χ3n) is 3.44. The van der Waals surface area contributed by atoms with E-state index < -0.39 is 12.1 Å². The summed E-state index contributed by atoms with van der Waals surface area (Å²) in [5.74, 6) is -0.879. The molecule has 1 N–H and O–H groups in total. The molecule has 114 valence electrons. The number of carbonyl (C=O) groups is 2. The molecule has 1 aromatic carbocycles. The standard InChI is InChI=1S/C15H14N2O5/c18-14(19)12-9-21-13(16-12)11-6-17(7-11)15(20)22-8-10-4-2-1-3-5-10/h1-5,9,11H,6-8H2,(H,18,19). The minimum atomic E-state index is -1.13. The van der Waals surface area contributed by atoms with Gasteiger partial charge < -0.3 is 19.2 Å². The first-order valence-electron chi connectivity index (χ1n) is 6.78. The van der Waals surface area contributed by atoms with Gasteiger partial charge in [-0.15, -0.1) is 0 Å². The number of oxazole rings is 1. The fourth-order valence-electron chi connectivity index (χ4n) is 2.17. The number of hydrogen-bond acceptors (Lipinski definition) is 5. The molecule has 3 rings (SSSR count). The van der Waals surface area contributed by atoms with Crippen molar-refractivity contribution in [2.24, 2.45) is 0 Å². The predicted molar refractivity (Wildman–Crippen MR) is 74.4 cm³/mol. The minimum absolute atomic E-state index is 0.0858. The number of hydrogen-bond donors (Lipinski definition) is 1. The summed E-state index contributed by atoms with van der Waals surface area (Å²) in [7, 11) is 0. The number of rotatable bonds is 4. The molecular weight excluding hydrogens is 288 g/mol. The van der Waals surface area contributed by atoms with Gasteiger partial charge in [0.15, 0.2) is 5.69 Å². The summed E-state index contributed by atoms with van der Waals surface area (Å²) >= 11 is 0. The summed E-state index contributed by atoms with van der Waals surface area (Å²) in [5, 5.41) is 8.78. The van der Waals surface area contributed by atoms with Crippen LogP contribution in [0.4, 0.5) is 4.79 Å². The van der Waals surface area contributed by atoms with E-state index in [9.17, 15) is 9.59 Å². The molecule has 1 fully saturated rings. The van der Waals surface area contributed by atoms with E-state index in [1.165, 1.54) is 4.90 Å². The van der Waals surface area contributed by atoms with Crippen LogP contribution in [0.3, 0.4) is 0 Å². The lowest BCUT2D eigenvalue weighted by Gasteiger charge is -2.36. The number of carboxylic acids is 1. The van der Waals surface area contributed by atoms with Crippen molar-refractivity contribution in [2.75, 3.05) is 13.1 Å². The number of ether oxygens (including phenoxy) is 1. The molecule has 2 aromatic rings. The molecular formula is C15H14N2O5. The first-order valence-corrected chi connectivity index (χ1v) is 6.78. The van der Waals surface area contributed by atoms with Crippen molar-refractivity contribution < 1.29 is 23.8 Å². The molecule has 0 spiro atoms. The molecule has 0 aliphatic carbocycles. The van der Waals surface area contributed by atoms with Crippen LogP contribution < -0.4 is 0 Å². The van der Waals surface area contributed by atoms with Crippen molar-refractivity contribution in [3.63, 3.8) is 0 Å². The van der Waals surface area contributed by atoms with Gasteiger partial charge in [-0.05, 0) is 5.56 Å². The van der Waals surface area contributed by atoms with Crippen molar-refractivity contribution >= 4 is 12.1 Å². The van der Waals surface area contributed by atoms with Gasteiger partial charge in [0.1, 0.15) is 12.9 Å². The number of aromatic nitrogens is 1. The maximum absolute atomic E-state index is 11.8. The zero-order valence-corrected chi connectivity index (χ0v) is 11.6. The van der Waals surface area contributed by atoms with E-state index in [4.69, 9.17) is 14.3 Å². The topological polar surface area (TPSA) is 92.9 Å². The molecule has 1 aliphatic rings. The molecule has 22 heavy (non-hydrogen) atoms. The van der Waals surface area contributed by atoms with Crippen LogP contribution in [0, 0.1) is 0 Å². The third-order valence-corrected chi connectivity index (χ3v) is 3.44. The lowest BCUT2D eigenvalue weighted by atomic mass is 10.0. The van der Waals surface area contributed by atoms with Crippen LogP contribution in [0.1, 0.15) is 27.9 Å². The van der Waals surface area contributed by atoms with Gasteiger partial charge in [0.05, 0.1) is 5.92 Å². The Morgan fingerprint density at radius 2 is 2.05 bits per heavy atom. The SMILES string of the molecule is O=C(O)c1coc(C2CN(C(=O)OCc3ccccc3)C2)n1. The molecule has 0 radical (unpaired) electrons. The molecule has 2 heterocycles. The molecule has 1 aliphatic heterocycles. The van der Waals surface area contributed by atoms with Crippen molar-refractivity contribution in [1.82, 2.24) is 9.88 Å². The van der Waals surface area contributed by atoms with Gasteiger partial charge in [-0.1, -0.05) is 30.3 Å². The van der Waals surface area contributed by atoms with E-state index in [1.54, 1.807) is 0 Å². The normalized spacial score (nSPS) is 14.5. The van der Waals surface area contributed by atoms with Crippen LogP contribution >= 0.6 is 0 Å². The van der Waals surface area contributed by atoms with E-state index >= 15 is 0 Å². The molecule has 0 saturated carbocycles. The zero-order chi connectivity index (χ0) is 15.5. The van der Waals surface area contributed by atoms with Crippen molar-refractivity contribution in [3.8, 4) is 0 Å². The first kappa shape index (κ1) is 14.1. The highest BCUT2D eigenvalue weighted by atomic mass is 16.6. The Kier molecular flexibility index (Phi) is 3.78. The summed E-state index contributed by atoms with van der Waals surface area (Å²) in [6.45, 7) is 1.05. The van der Waals surface area contributed by atoms with E-state index in [0.29, 0.717) is 19.0 Å². The smallest absolute Gasteiger partial charge is 0.410 e. The molecule has 1 aromatic heterocycles. The van der Waals surface area contributed by atoms with Gasteiger partial charge >= 0.3 is 12.1 Å². The van der Waals surface area contributed by atoms with Gasteiger partial charge in [0.2, 0.25) is 5.89 Å². The quantitative estimate of drug-likeness (QED) is 0.929. The molecule has 0 bridgehead atoms. The summed E-state index contributed by atoms with van der Waals surface area (Å²) in [6, 6.07) is 9.42. The molecule has 0 atom stereocenters. The van der Waals surface area contributed by atoms with Crippen LogP contribution in [-0.4, -0.2) is 40.1 Å². The van der Waals surface area contributed by atoms with Crippen LogP contribution in [0.2, 0.25) is 0 Å². The van der Waals surface area contributed by atoms with Gasteiger partial charge in [0.25, 0.3) is 0 Å². The third kappa shape index (κ3) is 2.93. The highest BCUT2D eigenvalue weighted by Gasteiger charge is 2.36. The Hall–Kier alpha value is -2.83. The summed E-state index contributed by atoms with van der Waals surface area (Å²) in [6.07, 6.45) is 0.707. The van der Waals surface area contributed by atoms with Crippen LogP contribution in [0.25, 0.3) is 0 Å².